The Morgan fingerprint density at radius 1 is 1.30 bits per heavy atom. The van der Waals surface area contributed by atoms with Gasteiger partial charge >= 0.3 is 0 Å². The van der Waals surface area contributed by atoms with Gasteiger partial charge in [0.25, 0.3) is 0 Å². The molecule has 0 radical (unpaired) electrons. The summed E-state index contributed by atoms with van der Waals surface area (Å²) in [5, 5.41) is 10.1. The fourth-order valence-corrected chi connectivity index (χ4v) is 2.21. The van der Waals surface area contributed by atoms with E-state index in [-0.39, 0.29) is 0 Å². The largest absolute Gasteiger partial charge is 0.491 e. The Kier molecular flexibility index (Phi) is 5.26. The van der Waals surface area contributed by atoms with Gasteiger partial charge in [-0.2, -0.15) is 0 Å². The van der Waals surface area contributed by atoms with Gasteiger partial charge in [0.1, 0.15) is 18.5 Å². The number of rotatable bonds is 8. The van der Waals surface area contributed by atoms with Gasteiger partial charge in [-0.15, -0.1) is 0 Å². The molecule has 1 aromatic carbocycles. The molecular weight excluding hydrogens is 252 g/mol. The van der Waals surface area contributed by atoms with Crippen LogP contribution in [0.3, 0.4) is 0 Å². The summed E-state index contributed by atoms with van der Waals surface area (Å²) < 4.78 is 5.59. The number of nitrogens with zero attached hydrogens (tertiary/aromatic N) is 1. The van der Waals surface area contributed by atoms with Crippen molar-refractivity contribution in [1.29, 1.82) is 0 Å². The van der Waals surface area contributed by atoms with Crippen LogP contribution in [-0.2, 0) is 0 Å². The second kappa shape index (κ2) is 6.95. The lowest BCUT2D eigenvalue weighted by Crippen LogP contribution is -2.40. The average molecular weight is 278 g/mol. The Hall–Kier alpha value is -1.26. The Balaban J connectivity index is 1.75. The Morgan fingerprint density at radius 2 is 1.95 bits per heavy atom. The van der Waals surface area contributed by atoms with E-state index >= 15 is 0 Å². The highest BCUT2D eigenvalue weighted by Gasteiger charge is 2.26. The third kappa shape index (κ3) is 5.02. The molecular formula is C16H26N2O2. The zero-order valence-electron chi connectivity index (χ0n) is 12.5. The Bertz CT molecular complexity index is 401. The summed E-state index contributed by atoms with van der Waals surface area (Å²) in [4.78, 5) is 2.34. The predicted octanol–water partition coefficient (Wildman–Crippen LogP) is 2.13. The Morgan fingerprint density at radius 3 is 2.50 bits per heavy atom. The van der Waals surface area contributed by atoms with E-state index in [9.17, 15) is 5.11 Å². The molecule has 0 bridgehead atoms. The summed E-state index contributed by atoms with van der Waals surface area (Å²) in [6, 6.07) is 7.71. The van der Waals surface area contributed by atoms with Crippen LogP contribution in [0.25, 0.3) is 0 Å². The molecule has 1 atom stereocenters. The number of anilines is 1. The molecule has 3 N–H and O–H groups in total. The fourth-order valence-electron chi connectivity index (χ4n) is 2.21. The number of aliphatic hydroxyl groups excluding tert-OH is 1. The highest BCUT2D eigenvalue weighted by molar-refractivity contribution is 5.41. The van der Waals surface area contributed by atoms with Gasteiger partial charge in [0.05, 0.1) is 0 Å². The molecule has 1 saturated carbocycles. The molecule has 2 rings (SSSR count). The van der Waals surface area contributed by atoms with Crippen molar-refractivity contribution in [1.82, 2.24) is 4.90 Å². The molecule has 1 aromatic rings. The first-order valence-corrected chi connectivity index (χ1v) is 7.45. The zero-order chi connectivity index (χ0) is 14.5. The maximum absolute atomic E-state index is 10.1. The average Bonchev–Trinajstić information content (AvgIpc) is 3.21. The van der Waals surface area contributed by atoms with E-state index in [1.165, 1.54) is 12.8 Å². The predicted molar refractivity (Wildman–Crippen MR) is 81.8 cm³/mol. The number of nitrogen functional groups attached to an aromatic ring is 1. The van der Waals surface area contributed by atoms with E-state index in [4.69, 9.17) is 10.5 Å². The van der Waals surface area contributed by atoms with Gasteiger partial charge in [-0.05, 0) is 56.9 Å². The molecule has 0 heterocycles. The van der Waals surface area contributed by atoms with Crippen LogP contribution in [0.15, 0.2) is 24.3 Å². The zero-order valence-corrected chi connectivity index (χ0v) is 12.5. The number of hydrogen-bond acceptors (Lipinski definition) is 4. The van der Waals surface area contributed by atoms with Crippen molar-refractivity contribution in [2.24, 2.45) is 5.92 Å². The second-order valence-electron chi connectivity index (χ2n) is 6.02. The van der Waals surface area contributed by atoms with Crippen molar-refractivity contribution in [2.75, 3.05) is 25.4 Å². The first-order chi connectivity index (χ1) is 9.54. The van der Waals surface area contributed by atoms with Gasteiger partial charge < -0.3 is 15.6 Å². The molecule has 1 unspecified atom stereocenters. The standard InChI is InChI=1S/C16H26N2O2/c1-12(2)18(9-13-3-4-13)10-15(19)11-20-16-7-5-14(17)6-8-16/h5-8,12-13,15,19H,3-4,9-11,17H2,1-2H3. The summed E-state index contributed by atoms with van der Waals surface area (Å²) >= 11 is 0. The van der Waals surface area contributed by atoms with Gasteiger partial charge in [-0.3, -0.25) is 4.90 Å². The monoisotopic (exact) mass is 278 g/mol. The molecule has 0 amide bonds. The summed E-state index contributed by atoms with van der Waals surface area (Å²) in [5.74, 6) is 1.58. The molecule has 1 aliphatic carbocycles. The van der Waals surface area contributed by atoms with Crippen LogP contribution < -0.4 is 10.5 Å². The third-order valence-electron chi connectivity index (χ3n) is 3.69. The van der Waals surface area contributed by atoms with Gasteiger partial charge in [-0.1, -0.05) is 0 Å². The van der Waals surface area contributed by atoms with Gasteiger partial charge in [-0.25, -0.2) is 0 Å². The molecule has 4 nitrogen and oxygen atoms in total. The Labute approximate surface area is 121 Å². The highest BCUT2D eigenvalue weighted by Crippen LogP contribution is 2.30. The van der Waals surface area contributed by atoms with Crippen molar-refractivity contribution in [2.45, 2.75) is 38.8 Å². The molecule has 1 aliphatic rings. The normalized spacial score (nSPS) is 16.6. The maximum atomic E-state index is 10.1. The smallest absolute Gasteiger partial charge is 0.119 e. The molecule has 0 saturated heterocycles. The second-order valence-corrected chi connectivity index (χ2v) is 6.02. The third-order valence-corrected chi connectivity index (χ3v) is 3.69. The lowest BCUT2D eigenvalue weighted by Gasteiger charge is -2.28. The lowest BCUT2D eigenvalue weighted by molar-refractivity contribution is 0.0556. The highest BCUT2D eigenvalue weighted by atomic mass is 16.5. The molecule has 112 valence electrons. The fraction of sp³-hybridized carbons (Fsp3) is 0.625. The molecule has 0 spiro atoms. The van der Waals surface area contributed by atoms with Crippen LogP contribution in [-0.4, -0.2) is 41.8 Å². The molecule has 0 aromatic heterocycles. The quantitative estimate of drug-likeness (QED) is 0.715. The summed E-state index contributed by atoms with van der Waals surface area (Å²) in [6.45, 7) is 6.43. The first-order valence-electron chi connectivity index (χ1n) is 7.45. The van der Waals surface area contributed by atoms with Crippen LogP contribution in [0.2, 0.25) is 0 Å². The van der Waals surface area contributed by atoms with Crippen molar-refractivity contribution in [3.63, 3.8) is 0 Å². The van der Waals surface area contributed by atoms with E-state index < -0.39 is 6.10 Å². The minimum Gasteiger partial charge on any atom is -0.491 e. The summed E-state index contributed by atoms with van der Waals surface area (Å²) in [7, 11) is 0. The lowest BCUT2D eigenvalue weighted by atomic mass is 10.2. The van der Waals surface area contributed by atoms with Gasteiger partial charge in [0.2, 0.25) is 0 Å². The van der Waals surface area contributed by atoms with E-state index in [0.717, 1.165) is 18.2 Å². The topological polar surface area (TPSA) is 58.7 Å². The van der Waals surface area contributed by atoms with E-state index in [0.29, 0.717) is 24.9 Å². The van der Waals surface area contributed by atoms with Crippen LogP contribution in [0.4, 0.5) is 5.69 Å². The van der Waals surface area contributed by atoms with Gasteiger partial charge in [0, 0.05) is 24.8 Å². The molecule has 1 fully saturated rings. The van der Waals surface area contributed by atoms with E-state index in [1.54, 1.807) is 12.1 Å². The van der Waals surface area contributed by atoms with Crippen molar-refractivity contribution >= 4 is 5.69 Å². The minimum atomic E-state index is -0.464. The first kappa shape index (κ1) is 15.1. The maximum Gasteiger partial charge on any atom is 0.119 e. The van der Waals surface area contributed by atoms with Crippen LogP contribution in [0.5, 0.6) is 5.75 Å². The van der Waals surface area contributed by atoms with Crippen LogP contribution >= 0.6 is 0 Å². The molecule has 4 heteroatoms. The number of nitrogens with two attached hydrogens (primary N) is 1. The van der Waals surface area contributed by atoms with Gasteiger partial charge in [0.15, 0.2) is 0 Å². The minimum absolute atomic E-state index is 0.317. The van der Waals surface area contributed by atoms with E-state index in [1.807, 2.05) is 12.1 Å². The van der Waals surface area contributed by atoms with Crippen molar-refractivity contribution in [3.05, 3.63) is 24.3 Å². The summed E-state index contributed by atoms with van der Waals surface area (Å²) in [5.41, 5.74) is 6.34. The van der Waals surface area contributed by atoms with Crippen LogP contribution in [0, 0.1) is 5.92 Å². The number of ether oxygens (including phenoxy) is 1. The summed E-state index contributed by atoms with van der Waals surface area (Å²) in [6.07, 6.45) is 2.20. The van der Waals surface area contributed by atoms with Crippen molar-refractivity contribution in [3.8, 4) is 5.75 Å². The number of benzene rings is 1. The number of hydrogen-bond donors (Lipinski definition) is 2. The van der Waals surface area contributed by atoms with Crippen molar-refractivity contribution < 1.29 is 9.84 Å². The molecule has 0 aliphatic heterocycles. The molecule has 20 heavy (non-hydrogen) atoms. The SMILES string of the molecule is CC(C)N(CC(O)COc1ccc(N)cc1)CC1CC1. The van der Waals surface area contributed by atoms with Crippen LogP contribution in [0.1, 0.15) is 26.7 Å². The number of aliphatic hydroxyl groups is 1. The van der Waals surface area contributed by atoms with E-state index in [2.05, 4.69) is 18.7 Å².